The third kappa shape index (κ3) is 3.03. The lowest BCUT2D eigenvalue weighted by Gasteiger charge is -2.24. The number of nitrogens with zero attached hydrogens (tertiary/aromatic N) is 1. The smallest absolute Gasteiger partial charge is 0.165 e. The zero-order valence-electron chi connectivity index (χ0n) is 10.3. The zero-order valence-corrected chi connectivity index (χ0v) is 11.1. The molecule has 3 heteroatoms. The van der Waals surface area contributed by atoms with Crippen molar-refractivity contribution in [2.45, 2.75) is 19.8 Å². The van der Waals surface area contributed by atoms with Crippen LogP contribution in [0.2, 0.25) is 0 Å². The molecule has 1 heterocycles. The van der Waals surface area contributed by atoms with E-state index in [0.717, 1.165) is 42.3 Å². The van der Waals surface area contributed by atoms with E-state index in [-0.39, 0.29) is 0 Å². The van der Waals surface area contributed by atoms with Crippen LogP contribution in [0.15, 0.2) is 24.3 Å². The van der Waals surface area contributed by atoms with E-state index in [1.54, 1.807) is 0 Å². The Morgan fingerprint density at radius 1 is 1.35 bits per heavy atom. The number of hydrogen-bond donors (Lipinski definition) is 0. The van der Waals surface area contributed by atoms with Crippen molar-refractivity contribution in [1.82, 2.24) is 0 Å². The first-order valence-corrected chi connectivity index (χ1v) is 7.43. The molecule has 2 rings (SSSR count). The summed E-state index contributed by atoms with van der Waals surface area (Å²) in [4.78, 5) is 14.3. The van der Waals surface area contributed by atoms with Gasteiger partial charge in [0.15, 0.2) is 5.78 Å². The van der Waals surface area contributed by atoms with Crippen molar-refractivity contribution in [2.75, 3.05) is 29.5 Å². The molecule has 0 amide bonds. The van der Waals surface area contributed by atoms with Crippen molar-refractivity contribution in [3.05, 3.63) is 29.8 Å². The monoisotopic (exact) mass is 249 g/mol. The SMILES string of the molecule is CCSCCN1CCCC(=O)c2ccccc21. The van der Waals surface area contributed by atoms with Gasteiger partial charge in [-0.25, -0.2) is 0 Å². The van der Waals surface area contributed by atoms with Crippen LogP contribution in [0.5, 0.6) is 0 Å². The Kier molecular flexibility index (Phi) is 4.49. The molecule has 0 saturated heterocycles. The summed E-state index contributed by atoms with van der Waals surface area (Å²) in [7, 11) is 0. The van der Waals surface area contributed by atoms with Crippen LogP contribution in [-0.4, -0.2) is 30.4 Å². The summed E-state index contributed by atoms with van der Waals surface area (Å²) in [5, 5.41) is 0. The van der Waals surface area contributed by atoms with E-state index in [2.05, 4.69) is 17.9 Å². The molecule has 1 aliphatic heterocycles. The number of rotatable bonds is 4. The van der Waals surface area contributed by atoms with Gasteiger partial charge >= 0.3 is 0 Å². The van der Waals surface area contributed by atoms with Crippen molar-refractivity contribution in [3.63, 3.8) is 0 Å². The number of carbonyl (C=O) groups excluding carboxylic acids is 1. The highest BCUT2D eigenvalue weighted by Crippen LogP contribution is 2.26. The van der Waals surface area contributed by atoms with Crippen LogP contribution >= 0.6 is 11.8 Å². The Morgan fingerprint density at radius 2 is 2.18 bits per heavy atom. The molecule has 92 valence electrons. The van der Waals surface area contributed by atoms with Crippen LogP contribution in [0.1, 0.15) is 30.1 Å². The highest BCUT2D eigenvalue weighted by Gasteiger charge is 2.19. The van der Waals surface area contributed by atoms with Crippen LogP contribution in [0.25, 0.3) is 0 Å². The predicted molar refractivity (Wildman–Crippen MR) is 75.2 cm³/mol. The molecule has 0 aromatic heterocycles. The quantitative estimate of drug-likeness (QED) is 0.764. The zero-order chi connectivity index (χ0) is 12.1. The summed E-state index contributed by atoms with van der Waals surface area (Å²) < 4.78 is 0. The van der Waals surface area contributed by atoms with Gasteiger partial charge in [0, 0.05) is 36.5 Å². The summed E-state index contributed by atoms with van der Waals surface area (Å²) >= 11 is 1.96. The van der Waals surface area contributed by atoms with E-state index in [4.69, 9.17) is 0 Å². The topological polar surface area (TPSA) is 20.3 Å². The fourth-order valence-corrected chi connectivity index (χ4v) is 2.86. The molecule has 0 atom stereocenters. The minimum absolute atomic E-state index is 0.297. The molecule has 1 aromatic carbocycles. The molecule has 0 unspecified atom stereocenters. The Bertz CT molecular complexity index is 392. The first-order chi connectivity index (χ1) is 8.33. The van der Waals surface area contributed by atoms with E-state index in [1.165, 1.54) is 0 Å². The first kappa shape index (κ1) is 12.5. The van der Waals surface area contributed by atoms with E-state index >= 15 is 0 Å². The van der Waals surface area contributed by atoms with Crippen molar-refractivity contribution >= 4 is 23.2 Å². The van der Waals surface area contributed by atoms with Crippen LogP contribution < -0.4 is 4.90 Å². The third-order valence-electron chi connectivity index (χ3n) is 3.09. The van der Waals surface area contributed by atoms with Crippen LogP contribution in [-0.2, 0) is 0 Å². The number of ketones is 1. The number of Topliss-reactive ketones (excluding diaryl/α,β-unsaturated/α-hetero) is 1. The molecule has 0 fully saturated rings. The molecule has 2 nitrogen and oxygen atoms in total. The number of thioether (sulfide) groups is 1. The predicted octanol–water partition coefficient (Wildman–Crippen LogP) is 3.22. The molecule has 1 aromatic rings. The number of fused-ring (bicyclic) bond motifs is 1. The molecule has 0 radical (unpaired) electrons. The molecule has 0 bridgehead atoms. The van der Waals surface area contributed by atoms with Crippen molar-refractivity contribution in [2.24, 2.45) is 0 Å². The summed E-state index contributed by atoms with van der Waals surface area (Å²) in [6.45, 7) is 4.24. The van der Waals surface area contributed by atoms with E-state index in [9.17, 15) is 4.79 Å². The van der Waals surface area contributed by atoms with E-state index in [1.807, 2.05) is 30.0 Å². The Labute approximate surface area is 107 Å². The maximum Gasteiger partial charge on any atom is 0.165 e. The van der Waals surface area contributed by atoms with Crippen LogP contribution in [0.3, 0.4) is 0 Å². The summed E-state index contributed by atoms with van der Waals surface area (Å²) in [5.41, 5.74) is 2.04. The van der Waals surface area contributed by atoms with Gasteiger partial charge in [0.25, 0.3) is 0 Å². The molecule has 1 aliphatic rings. The van der Waals surface area contributed by atoms with Gasteiger partial charge in [-0.15, -0.1) is 0 Å². The summed E-state index contributed by atoms with van der Waals surface area (Å²) in [6, 6.07) is 8.02. The molecule has 17 heavy (non-hydrogen) atoms. The van der Waals surface area contributed by atoms with E-state index in [0.29, 0.717) is 12.2 Å². The van der Waals surface area contributed by atoms with Crippen molar-refractivity contribution in [1.29, 1.82) is 0 Å². The highest BCUT2D eigenvalue weighted by molar-refractivity contribution is 7.99. The number of hydrogen-bond acceptors (Lipinski definition) is 3. The van der Waals surface area contributed by atoms with Gasteiger partial charge in [0.2, 0.25) is 0 Å². The third-order valence-corrected chi connectivity index (χ3v) is 3.97. The second kappa shape index (κ2) is 6.10. The second-order valence-electron chi connectivity index (χ2n) is 4.23. The van der Waals surface area contributed by atoms with Gasteiger partial charge in [0.05, 0.1) is 0 Å². The van der Waals surface area contributed by atoms with Crippen molar-refractivity contribution < 1.29 is 4.79 Å². The lowest BCUT2D eigenvalue weighted by atomic mass is 10.1. The Balaban J connectivity index is 2.17. The molecule has 0 aliphatic carbocycles. The number of anilines is 1. The average molecular weight is 249 g/mol. The molecule has 0 spiro atoms. The molecule has 0 saturated carbocycles. The maximum atomic E-state index is 11.9. The maximum absolute atomic E-state index is 11.9. The highest BCUT2D eigenvalue weighted by atomic mass is 32.2. The summed E-state index contributed by atoms with van der Waals surface area (Å²) in [6.07, 6.45) is 1.67. The Morgan fingerprint density at radius 3 is 3.00 bits per heavy atom. The number of para-hydroxylation sites is 1. The second-order valence-corrected chi connectivity index (χ2v) is 5.62. The Hall–Kier alpha value is -0.960. The molecule has 0 N–H and O–H groups in total. The van der Waals surface area contributed by atoms with Gasteiger partial charge in [0.1, 0.15) is 0 Å². The normalized spacial score (nSPS) is 15.6. The van der Waals surface area contributed by atoms with Gasteiger partial charge < -0.3 is 4.90 Å². The first-order valence-electron chi connectivity index (χ1n) is 6.28. The molecular formula is C14H19NOS. The molecular weight excluding hydrogens is 230 g/mol. The summed E-state index contributed by atoms with van der Waals surface area (Å²) in [5.74, 6) is 2.60. The van der Waals surface area contributed by atoms with Gasteiger partial charge in [-0.05, 0) is 24.3 Å². The lowest BCUT2D eigenvalue weighted by Crippen LogP contribution is -2.26. The van der Waals surface area contributed by atoms with E-state index < -0.39 is 0 Å². The van der Waals surface area contributed by atoms with Crippen molar-refractivity contribution in [3.8, 4) is 0 Å². The largest absolute Gasteiger partial charge is 0.370 e. The fourth-order valence-electron chi connectivity index (χ4n) is 2.22. The fraction of sp³-hybridized carbons (Fsp3) is 0.500. The average Bonchev–Trinajstić information content (AvgIpc) is 2.51. The number of carbonyl (C=O) groups is 1. The van der Waals surface area contributed by atoms with Crippen LogP contribution in [0, 0.1) is 0 Å². The van der Waals surface area contributed by atoms with Gasteiger partial charge in [-0.3, -0.25) is 4.79 Å². The minimum Gasteiger partial charge on any atom is -0.370 e. The lowest BCUT2D eigenvalue weighted by molar-refractivity contribution is 0.0984. The standard InChI is InChI=1S/C14H19NOS/c1-2-17-11-10-15-9-5-8-14(16)12-6-3-4-7-13(12)15/h3-4,6-7H,2,5,8-11H2,1H3. The van der Waals surface area contributed by atoms with Gasteiger partial charge in [-0.2, -0.15) is 11.8 Å². The minimum atomic E-state index is 0.297. The van der Waals surface area contributed by atoms with Gasteiger partial charge in [-0.1, -0.05) is 19.1 Å². The number of benzene rings is 1. The van der Waals surface area contributed by atoms with Crippen LogP contribution in [0.4, 0.5) is 5.69 Å².